The molecular formula is C21H37F3O4. The van der Waals surface area contributed by atoms with Gasteiger partial charge in [0.25, 0.3) is 0 Å². The number of halogens is 3. The highest BCUT2D eigenvalue weighted by Crippen LogP contribution is 2.43. The number of hydrogen-bond donors (Lipinski definition) is 1. The molecule has 0 radical (unpaired) electrons. The number of esters is 1. The Labute approximate surface area is 167 Å². The first-order chi connectivity index (χ1) is 12.2. The molecule has 0 amide bonds. The van der Waals surface area contributed by atoms with Gasteiger partial charge in [-0.25, -0.2) is 0 Å². The summed E-state index contributed by atoms with van der Waals surface area (Å²) < 4.78 is 49.7. The van der Waals surface area contributed by atoms with Gasteiger partial charge in [-0.3, -0.25) is 4.79 Å². The largest absolute Gasteiger partial charge is 0.493 e. The Bertz CT molecular complexity index is 559. The minimum Gasteiger partial charge on any atom is -0.493 e. The molecule has 0 aromatic rings. The minimum absolute atomic E-state index is 0.354. The van der Waals surface area contributed by atoms with Crippen molar-refractivity contribution in [3.63, 3.8) is 0 Å². The maximum atomic E-state index is 12.9. The summed E-state index contributed by atoms with van der Waals surface area (Å²) >= 11 is 0. The molecule has 0 aliphatic heterocycles. The maximum Gasteiger partial charge on any atom is 0.417 e. The lowest BCUT2D eigenvalue weighted by Crippen LogP contribution is -2.46. The van der Waals surface area contributed by atoms with Crippen molar-refractivity contribution >= 4 is 5.97 Å². The van der Waals surface area contributed by atoms with Gasteiger partial charge >= 0.3 is 12.1 Å². The standard InChI is InChI=1S/C21H37F3O4/c1-11-19(9,13-18(7,8)15(3)28-17(4,5)6)16(25)27-14(2)12-20(10,26)21(22,23)24/h14,26H,3,11-13H2,1-2,4-10H3. The second-order valence-electron chi connectivity index (χ2n) is 9.80. The van der Waals surface area contributed by atoms with Gasteiger partial charge in [-0.2, -0.15) is 13.2 Å². The predicted molar refractivity (Wildman–Crippen MR) is 104 cm³/mol. The highest BCUT2D eigenvalue weighted by molar-refractivity contribution is 5.76. The summed E-state index contributed by atoms with van der Waals surface area (Å²) in [7, 11) is 0. The van der Waals surface area contributed by atoms with E-state index in [9.17, 15) is 23.1 Å². The zero-order valence-corrected chi connectivity index (χ0v) is 18.7. The Morgan fingerprint density at radius 3 is 1.89 bits per heavy atom. The van der Waals surface area contributed by atoms with Gasteiger partial charge in [0.1, 0.15) is 11.7 Å². The molecule has 0 aromatic heterocycles. The van der Waals surface area contributed by atoms with Gasteiger partial charge < -0.3 is 14.6 Å². The Kier molecular flexibility index (Phi) is 8.25. The average molecular weight is 411 g/mol. The quantitative estimate of drug-likeness (QED) is 0.386. The lowest BCUT2D eigenvalue weighted by atomic mass is 9.71. The molecule has 0 rings (SSSR count). The van der Waals surface area contributed by atoms with Crippen molar-refractivity contribution in [3.05, 3.63) is 12.3 Å². The van der Waals surface area contributed by atoms with Gasteiger partial charge in [0.05, 0.1) is 11.2 Å². The predicted octanol–water partition coefficient (Wildman–Crippen LogP) is 5.78. The summed E-state index contributed by atoms with van der Waals surface area (Å²) in [6.07, 6.45) is -5.84. The third-order valence-corrected chi connectivity index (χ3v) is 4.89. The molecule has 3 unspecified atom stereocenters. The van der Waals surface area contributed by atoms with Crippen molar-refractivity contribution in [3.8, 4) is 0 Å². The number of hydrogen-bond acceptors (Lipinski definition) is 4. The van der Waals surface area contributed by atoms with Gasteiger partial charge in [-0.15, -0.1) is 0 Å². The van der Waals surface area contributed by atoms with E-state index in [0.29, 0.717) is 25.5 Å². The van der Waals surface area contributed by atoms with Crippen LogP contribution in [0.5, 0.6) is 0 Å². The molecule has 7 heteroatoms. The number of aliphatic hydroxyl groups is 1. The third kappa shape index (κ3) is 7.64. The normalized spacial score (nSPS) is 18.6. The zero-order chi connectivity index (χ0) is 22.8. The first kappa shape index (κ1) is 26.8. The van der Waals surface area contributed by atoms with E-state index in [4.69, 9.17) is 9.47 Å². The molecule has 0 fully saturated rings. The van der Waals surface area contributed by atoms with E-state index in [-0.39, 0.29) is 0 Å². The molecule has 0 aromatic carbocycles. The molecule has 0 aliphatic carbocycles. The van der Waals surface area contributed by atoms with Crippen molar-refractivity contribution in [1.29, 1.82) is 0 Å². The average Bonchev–Trinajstić information content (AvgIpc) is 2.42. The van der Waals surface area contributed by atoms with Gasteiger partial charge in [0.2, 0.25) is 0 Å². The first-order valence-electron chi connectivity index (χ1n) is 9.55. The van der Waals surface area contributed by atoms with E-state index in [1.807, 2.05) is 41.5 Å². The van der Waals surface area contributed by atoms with E-state index in [1.165, 1.54) is 6.92 Å². The van der Waals surface area contributed by atoms with E-state index in [2.05, 4.69) is 6.58 Å². The Morgan fingerprint density at radius 1 is 1.07 bits per heavy atom. The van der Waals surface area contributed by atoms with Crippen LogP contribution in [0.1, 0.15) is 81.6 Å². The number of allylic oxidation sites excluding steroid dienone is 1. The van der Waals surface area contributed by atoms with Gasteiger partial charge in [-0.1, -0.05) is 27.4 Å². The minimum atomic E-state index is -4.80. The maximum absolute atomic E-state index is 12.9. The van der Waals surface area contributed by atoms with Crippen molar-refractivity contribution in [2.75, 3.05) is 0 Å². The van der Waals surface area contributed by atoms with Crippen LogP contribution in [0.2, 0.25) is 0 Å². The van der Waals surface area contributed by atoms with Crippen LogP contribution in [0, 0.1) is 10.8 Å². The second kappa shape index (κ2) is 8.64. The summed E-state index contributed by atoms with van der Waals surface area (Å²) in [4.78, 5) is 12.8. The molecule has 3 atom stereocenters. The number of ether oxygens (including phenoxy) is 2. The molecule has 166 valence electrons. The van der Waals surface area contributed by atoms with Crippen LogP contribution in [0.15, 0.2) is 12.3 Å². The molecule has 1 N–H and O–H groups in total. The number of alkyl halides is 3. The summed E-state index contributed by atoms with van der Waals surface area (Å²) in [5.41, 5.74) is -4.86. The summed E-state index contributed by atoms with van der Waals surface area (Å²) in [5.74, 6) is -0.0716. The van der Waals surface area contributed by atoms with Crippen LogP contribution in [0.3, 0.4) is 0 Å². The SMILES string of the molecule is C=C(OC(C)(C)C)C(C)(C)CC(C)(CC)C(=O)OC(C)CC(C)(O)C(F)(F)F. The highest BCUT2D eigenvalue weighted by Gasteiger charge is 2.51. The van der Waals surface area contributed by atoms with Gasteiger partial charge in [0.15, 0.2) is 5.60 Å². The zero-order valence-electron chi connectivity index (χ0n) is 18.7. The van der Waals surface area contributed by atoms with Gasteiger partial charge in [0, 0.05) is 11.8 Å². The molecular weight excluding hydrogens is 373 g/mol. The van der Waals surface area contributed by atoms with Crippen LogP contribution in [0.25, 0.3) is 0 Å². The summed E-state index contributed by atoms with van der Waals surface area (Å²) in [6.45, 7) is 19.1. The Hall–Kier alpha value is -1.24. The summed E-state index contributed by atoms with van der Waals surface area (Å²) in [5, 5.41) is 9.62. The Balaban J connectivity index is 5.26. The molecule has 0 spiro atoms. The van der Waals surface area contributed by atoms with E-state index in [0.717, 1.165) is 0 Å². The number of rotatable bonds is 9. The van der Waals surface area contributed by atoms with Gasteiger partial charge in [-0.05, 0) is 54.4 Å². The number of carbonyl (C=O) groups is 1. The monoisotopic (exact) mass is 410 g/mol. The second-order valence-corrected chi connectivity index (χ2v) is 9.80. The van der Waals surface area contributed by atoms with Crippen LogP contribution in [0.4, 0.5) is 13.2 Å². The van der Waals surface area contributed by atoms with Crippen molar-refractivity contribution in [2.24, 2.45) is 10.8 Å². The fourth-order valence-corrected chi connectivity index (χ4v) is 2.97. The highest BCUT2D eigenvalue weighted by atomic mass is 19.4. The first-order valence-corrected chi connectivity index (χ1v) is 9.55. The molecule has 0 saturated carbocycles. The van der Waals surface area contributed by atoms with Crippen molar-refractivity contribution in [1.82, 2.24) is 0 Å². The Morgan fingerprint density at radius 2 is 1.54 bits per heavy atom. The van der Waals surface area contributed by atoms with E-state index >= 15 is 0 Å². The van der Waals surface area contributed by atoms with Crippen molar-refractivity contribution in [2.45, 2.75) is 105 Å². The fourth-order valence-electron chi connectivity index (χ4n) is 2.97. The molecule has 0 bridgehead atoms. The molecule has 0 saturated heterocycles. The van der Waals surface area contributed by atoms with E-state index in [1.54, 1.807) is 6.92 Å². The topological polar surface area (TPSA) is 55.8 Å². The van der Waals surface area contributed by atoms with Crippen LogP contribution >= 0.6 is 0 Å². The molecule has 28 heavy (non-hydrogen) atoms. The fraction of sp³-hybridized carbons (Fsp3) is 0.857. The molecule has 0 heterocycles. The lowest BCUT2D eigenvalue weighted by molar-refractivity contribution is -0.261. The van der Waals surface area contributed by atoms with Crippen LogP contribution in [-0.4, -0.2) is 34.6 Å². The number of carbonyl (C=O) groups excluding carboxylic acids is 1. The third-order valence-electron chi connectivity index (χ3n) is 4.89. The smallest absolute Gasteiger partial charge is 0.417 e. The molecule has 4 nitrogen and oxygen atoms in total. The lowest BCUT2D eigenvalue weighted by Gasteiger charge is -2.39. The van der Waals surface area contributed by atoms with E-state index < -0.39 is 46.7 Å². The van der Waals surface area contributed by atoms with Crippen LogP contribution < -0.4 is 0 Å². The summed E-state index contributed by atoms with van der Waals surface area (Å²) in [6, 6.07) is 0. The van der Waals surface area contributed by atoms with Crippen molar-refractivity contribution < 1.29 is 32.5 Å². The van der Waals surface area contributed by atoms with Crippen LogP contribution in [-0.2, 0) is 14.3 Å². The molecule has 0 aliphatic rings.